The van der Waals surface area contributed by atoms with Crippen molar-refractivity contribution < 1.29 is 4.74 Å². The van der Waals surface area contributed by atoms with E-state index in [0.717, 1.165) is 25.3 Å². The monoisotopic (exact) mass is 309 g/mol. The predicted octanol–water partition coefficient (Wildman–Crippen LogP) is 2.60. The number of nitrogens with zero attached hydrogens (tertiary/aromatic N) is 2. The second kappa shape index (κ2) is 6.71. The average Bonchev–Trinajstić information content (AvgIpc) is 3.03. The van der Waals surface area contributed by atoms with Crippen molar-refractivity contribution >= 4 is 11.8 Å². The van der Waals surface area contributed by atoms with Gasteiger partial charge in [0.1, 0.15) is 0 Å². The first-order chi connectivity index (χ1) is 10.2. The van der Waals surface area contributed by atoms with Crippen molar-refractivity contribution in [3.63, 3.8) is 0 Å². The minimum atomic E-state index is 0.226. The van der Waals surface area contributed by atoms with Crippen LogP contribution in [0.5, 0.6) is 0 Å². The van der Waals surface area contributed by atoms with Gasteiger partial charge in [0.25, 0.3) is 0 Å². The van der Waals surface area contributed by atoms with Crippen LogP contribution in [-0.4, -0.2) is 40.5 Å². The van der Waals surface area contributed by atoms with Gasteiger partial charge in [0.05, 0.1) is 11.8 Å². The first-order valence-electron chi connectivity index (χ1n) is 8.09. The minimum Gasteiger partial charge on any atom is -0.373 e. The number of hydrogen-bond acceptors (Lipinski definition) is 4. The van der Waals surface area contributed by atoms with Crippen molar-refractivity contribution in [1.82, 2.24) is 15.1 Å². The van der Waals surface area contributed by atoms with Gasteiger partial charge >= 0.3 is 0 Å². The van der Waals surface area contributed by atoms with E-state index in [0.29, 0.717) is 12.0 Å². The van der Waals surface area contributed by atoms with Gasteiger partial charge in [0.15, 0.2) is 0 Å². The van der Waals surface area contributed by atoms with Gasteiger partial charge in [-0.15, -0.1) is 0 Å². The number of rotatable bonds is 4. The zero-order valence-corrected chi connectivity index (χ0v) is 14.2. The third-order valence-electron chi connectivity index (χ3n) is 4.95. The lowest BCUT2D eigenvalue weighted by Crippen LogP contribution is -2.36. The van der Waals surface area contributed by atoms with Crippen molar-refractivity contribution in [3.8, 4) is 0 Å². The second-order valence-corrected chi connectivity index (χ2v) is 7.57. The van der Waals surface area contributed by atoms with Crippen LogP contribution in [0.4, 0.5) is 0 Å². The molecule has 2 fully saturated rings. The number of hydrogen-bond donors (Lipinski definition) is 1. The summed E-state index contributed by atoms with van der Waals surface area (Å²) in [6, 6.07) is 0.712. The molecule has 1 aromatic rings. The molecule has 0 saturated carbocycles. The van der Waals surface area contributed by atoms with Crippen molar-refractivity contribution in [2.45, 2.75) is 45.3 Å². The molecule has 0 aromatic carbocycles. The topological polar surface area (TPSA) is 39.1 Å². The van der Waals surface area contributed by atoms with E-state index in [1.54, 1.807) is 0 Å². The van der Waals surface area contributed by atoms with Gasteiger partial charge in [-0.2, -0.15) is 16.9 Å². The third kappa shape index (κ3) is 3.30. The highest BCUT2D eigenvalue weighted by molar-refractivity contribution is 7.99. The molecule has 0 radical (unpaired) electrons. The Morgan fingerprint density at radius 2 is 2.05 bits per heavy atom. The van der Waals surface area contributed by atoms with E-state index in [1.165, 1.54) is 35.6 Å². The summed E-state index contributed by atoms with van der Waals surface area (Å²) in [6.07, 6.45) is 4.01. The molecule has 2 atom stereocenters. The van der Waals surface area contributed by atoms with Gasteiger partial charge in [-0.1, -0.05) is 0 Å². The molecule has 3 rings (SSSR count). The van der Waals surface area contributed by atoms with E-state index in [2.05, 4.69) is 36.0 Å². The number of ether oxygens (including phenoxy) is 1. The Morgan fingerprint density at radius 1 is 1.29 bits per heavy atom. The van der Waals surface area contributed by atoms with Gasteiger partial charge in [0, 0.05) is 43.4 Å². The van der Waals surface area contributed by atoms with E-state index >= 15 is 0 Å². The molecule has 2 aliphatic heterocycles. The first-order valence-corrected chi connectivity index (χ1v) is 9.25. The Kier molecular flexibility index (Phi) is 4.92. The molecule has 3 heterocycles. The molecule has 1 aromatic heterocycles. The average molecular weight is 309 g/mol. The highest BCUT2D eigenvalue weighted by atomic mass is 32.2. The molecule has 2 saturated heterocycles. The fourth-order valence-corrected chi connectivity index (χ4v) is 4.69. The lowest BCUT2D eigenvalue weighted by molar-refractivity contribution is 0.0886. The van der Waals surface area contributed by atoms with Crippen LogP contribution in [-0.2, 0) is 11.8 Å². The summed E-state index contributed by atoms with van der Waals surface area (Å²) in [5.41, 5.74) is 3.69. The van der Waals surface area contributed by atoms with Crippen LogP contribution in [0.2, 0.25) is 0 Å². The molecule has 0 amide bonds. The molecular formula is C16H27N3OS. The largest absolute Gasteiger partial charge is 0.373 e. The first kappa shape index (κ1) is 15.4. The Balaban J connectivity index is 1.64. The minimum absolute atomic E-state index is 0.226. The zero-order chi connectivity index (χ0) is 14.8. The lowest BCUT2D eigenvalue weighted by Gasteiger charge is -2.26. The Labute approximate surface area is 132 Å². The molecule has 118 valence electrons. The van der Waals surface area contributed by atoms with Crippen LogP contribution < -0.4 is 5.32 Å². The molecule has 4 nitrogen and oxygen atoms in total. The third-order valence-corrected chi connectivity index (χ3v) is 6.00. The maximum Gasteiger partial charge on any atom is 0.0901 e. The fourth-order valence-electron chi connectivity index (χ4n) is 3.58. The maximum atomic E-state index is 6.07. The number of aromatic nitrogens is 2. The van der Waals surface area contributed by atoms with Crippen molar-refractivity contribution in [2.75, 3.05) is 24.7 Å². The van der Waals surface area contributed by atoms with Crippen LogP contribution in [0.25, 0.3) is 0 Å². The Bertz CT molecular complexity index is 482. The summed E-state index contributed by atoms with van der Waals surface area (Å²) >= 11 is 2.09. The van der Waals surface area contributed by atoms with Gasteiger partial charge in [-0.05, 0) is 44.6 Å². The summed E-state index contributed by atoms with van der Waals surface area (Å²) in [6.45, 7) is 6.21. The molecule has 2 unspecified atom stereocenters. The molecule has 0 aliphatic carbocycles. The van der Waals surface area contributed by atoms with Crippen molar-refractivity contribution in [2.24, 2.45) is 13.0 Å². The van der Waals surface area contributed by atoms with E-state index in [4.69, 9.17) is 4.74 Å². The predicted molar refractivity (Wildman–Crippen MR) is 87.8 cm³/mol. The Morgan fingerprint density at radius 3 is 2.71 bits per heavy atom. The highest BCUT2D eigenvalue weighted by Crippen LogP contribution is 2.37. The summed E-state index contributed by atoms with van der Waals surface area (Å²) < 4.78 is 8.05. The second-order valence-electron chi connectivity index (χ2n) is 6.34. The quantitative estimate of drug-likeness (QED) is 0.928. The van der Waals surface area contributed by atoms with Crippen LogP contribution in [0.1, 0.15) is 42.3 Å². The number of nitrogens with one attached hydrogen (secondary N) is 1. The van der Waals surface area contributed by atoms with Gasteiger partial charge < -0.3 is 10.1 Å². The molecule has 5 heteroatoms. The molecule has 1 N–H and O–H groups in total. The van der Waals surface area contributed by atoms with Gasteiger partial charge in [-0.25, -0.2) is 0 Å². The van der Waals surface area contributed by atoms with E-state index in [-0.39, 0.29) is 6.10 Å². The number of thioether (sulfide) groups is 1. The standard InChI is InChI=1S/C16H27N3OS/c1-11-15(12(2)19(3)18-11)16-13(4-7-20-16)10-17-14-5-8-21-9-6-14/h13-14,16-17H,4-10H2,1-3H3. The van der Waals surface area contributed by atoms with Gasteiger partial charge in [-0.3, -0.25) is 4.68 Å². The maximum absolute atomic E-state index is 6.07. The summed E-state index contributed by atoms with van der Waals surface area (Å²) in [5.74, 6) is 3.20. The molecule has 0 bridgehead atoms. The normalized spacial score (nSPS) is 27.4. The SMILES string of the molecule is Cc1nn(C)c(C)c1C1OCCC1CNC1CCSCC1. The zero-order valence-electron chi connectivity index (χ0n) is 13.4. The van der Waals surface area contributed by atoms with Crippen molar-refractivity contribution in [3.05, 3.63) is 17.0 Å². The smallest absolute Gasteiger partial charge is 0.0901 e. The summed E-state index contributed by atoms with van der Waals surface area (Å²) in [4.78, 5) is 0. The van der Waals surface area contributed by atoms with Crippen LogP contribution in [0.3, 0.4) is 0 Å². The fraction of sp³-hybridized carbons (Fsp3) is 0.812. The molecule has 2 aliphatic rings. The Hall–Kier alpha value is -0.520. The van der Waals surface area contributed by atoms with Gasteiger partial charge in [0.2, 0.25) is 0 Å². The number of aryl methyl sites for hydroxylation is 2. The molecule has 0 spiro atoms. The van der Waals surface area contributed by atoms with Crippen molar-refractivity contribution in [1.29, 1.82) is 0 Å². The summed E-state index contributed by atoms with van der Waals surface area (Å²) in [7, 11) is 2.02. The van der Waals surface area contributed by atoms with E-state index in [9.17, 15) is 0 Å². The highest BCUT2D eigenvalue weighted by Gasteiger charge is 2.33. The van der Waals surface area contributed by atoms with Crippen LogP contribution >= 0.6 is 11.8 Å². The summed E-state index contributed by atoms with van der Waals surface area (Å²) in [5, 5.41) is 8.34. The van der Waals surface area contributed by atoms with Crippen LogP contribution in [0, 0.1) is 19.8 Å². The van der Waals surface area contributed by atoms with E-state index in [1.807, 2.05) is 11.7 Å². The van der Waals surface area contributed by atoms with E-state index < -0.39 is 0 Å². The van der Waals surface area contributed by atoms with Crippen LogP contribution in [0.15, 0.2) is 0 Å². The molecular weight excluding hydrogens is 282 g/mol. The lowest BCUT2D eigenvalue weighted by atomic mass is 9.93. The molecule has 21 heavy (non-hydrogen) atoms.